The van der Waals surface area contributed by atoms with E-state index in [4.69, 9.17) is 19.3 Å². The molecule has 1 aliphatic heterocycles. The zero-order valence-electron chi connectivity index (χ0n) is 10.6. The van der Waals surface area contributed by atoms with Crippen molar-refractivity contribution in [2.24, 2.45) is 5.73 Å². The maximum Gasteiger partial charge on any atom is 0.476 e. The van der Waals surface area contributed by atoms with E-state index < -0.39 is 7.82 Å². The minimum Gasteiger partial charge on any atom is -0.328 e. The van der Waals surface area contributed by atoms with Crippen molar-refractivity contribution in [1.82, 2.24) is 4.90 Å². The standard InChI is InChI=1S/C10H23N2O4P/c1-3-14-17(13,15-4-2)16-9-12-7-5-10(11)6-8-12/h10H,3-9,11H2,1-2H3. The van der Waals surface area contributed by atoms with E-state index in [1.54, 1.807) is 13.8 Å². The average Bonchev–Trinajstić information content (AvgIpc) is 2.29. The molecule has 102 valence electrons. The molecule has 2 N–H and O–H groups in total. The third-order valence-electron chi connectivity index (χ3n) is 2.61. The molecule has 1 saturated heterocycles. The van der Waals surface area contributed by atoms with Crippen LogP contribution in [0.3, 0.4) is 0 Å². The Kier molecular flexibility index (Phi) is 6.62. The molecule has 6 nitrogen and oxygen atoms in total. The van der Waals surface area contributed by atoms with E-state index in [9.17, 15) is 4.57 Å². The lowest BCUT2D eigenvalue weighted by Crippen LogP contribution is -2.40. The van der Waals surface area contributed by atoms with E-state index in [-0.39, 0.29) is 12.8 Å². The molecule has 17 heavy (non-hydrogen) atoms. The maximum absolute atomic E-state index is 12.0. The van der Waals surface area contributed by atoms with Crippen molar-refractivity contribution in [3.05, 3.63) is 0 Å². The summed E-state index contributed by atoms with van der Waals surface area (Å²) in [4.78, 5) is 2.06. The first-order valence-electron chi connectivity index (χ1n) is 6.11. The van der Waals surface area contributed by atoms with Crippen LogP contribution in [-0.2, 0) is 18.1 Å². The Hall–Kier alpha value is 0.0300. The Balaban J connectivity index is 2.33. The molecule has 0 bridgehead atoms. The summed E-state index contributed by atoms with van der Waals surface area (Å²) in [6.07, 6.45) is 1.88. The Morgan fingerprint density at radius 3 is 2.18 bits per heavy atom. The summed E-state index contributed by atoms with van der Waals surface area (Å²) in [5, 5.41) is 0. The predicted octanol–water partition coefficient (Wildman–Crippen LogP) is 1.56. The lowest BCUT2D eigenvalue weighted by atomic mass is 10.1. The van der Waals surface area contributed by atoms with Crippen LogP contribution >= 0.6 is 7.82 Å². The molecule has 0 aromatic rings. The number of phosphoric acid groups is 1. The van der Waals surface area contributed by atoms with Crippen molar-refractivity contribution >= 4 is 7.82 Å². The maximum atomic E-state index is 12.0. The van der Waals surface area contributed by atoms with Gasteiger partial charge < -0.3 is 5.73 Å². The summed E-state index contributed by atoms with van der Waals surface area (Å²) in [6, 6.07) is 0.275. The highest BCUT2D eigenvalue weighted by molar-refractivity contribution is 7.48. The number of likely N-dealkylation sites (tertiary alicyclic amines) is 1. The second-order valence-electron chi connectivity index (χ2n) is 4.00. The van der Waals surface area contributed by atoms with Crippen LogP contribution in [0.15, 0.2) is 0 Å². The molecule has 0 aliphatic carbocycles. The zero-order valence-corrected chi connectivity index (χ0v) is 11.5. The summed E-state index contributed by atoms with van der Waals surface area (Å²) in [5.74, 6) is 0. The molecule has 1 rings (SSSR count). The summed E-state index contributed by atoms with van der Waals surface area (Å²) in [6.45, 7) is 6.12. The first kappa shape index (κ1) is 15.1. The average molecular weight is 266 g/mol. The van der Waals surface area contributed by atoms with E-state index in [1.807, 2.05) is 0 Å². The molecule has 0 radical (unpaired) electrons. The van der Waals surface area contributed by atoms with Gasteiger partial charge in [0.2, 0.25) is 0 Å². The van der Waals surface area contributed by atoms with Gasteiger partial charge in [0.25, 0.3) is 0 Å². The Morgan fingerprint density at radius 1 is 1.18 bits per heavy atom. The van der Waals surface area contributed by atoms with Gasteiger partial charge in [0.15, 0.2) is 0 Å². The van der Waals surface area contributed by atoms with E-state index in [0.29, 0.717) is 13.2 Å². The molecule has 0 aromatic carbocycles. The molecular formula is C10H23N2O4P. The number of hydrogen-bond donors (Lipinski definition) is 1. The van der Waals surface area contributed by atoms with E-state index in [2.05, 4.69) is 4.90 Å². The summed E-state index contributed by atoms with van der Waals surface area (Å²) < 4.78 is 27.4. The first-order valence-corrected chi connectivity index (χ1v) is 7.57. The van der Waals surface area contributed by atoms with E-state index in [1.165, 1.54) is 0 Å². The third kappa shape index (κ3) is 5.46. The molecule has 1 fully saturated rings. The van der Waals surface area contributed by atoms with Crippen molar-refractivity contribution < 1.29 is 18.1 Å². The second kappa shape index (κ2) is 7.46. The smallest absolute Gasteiger partial charge is 0.328 e. The Morgan fingerprint density at radius 2 is 1.71 bits per heavy atom. The summed E-state index contributed by atoms with van der Waals surface area (Å²) in [7, 11) is -3.37. The van der Waals surface area contributed by atoms with Crippen molar-refractivity contribution in [2.75, 3.05) is 33.0 Å². The van der Waals surface area contributed by atoms with Gasteiger partial charge in [-0.2, -0.15) is 0 Å². The van der Waals surface area contributed by atoms with Gasteiger partial charge in [0.1, 0.15) is 6.73 Å². The third-order valence-corrected chi connectivity index (χ3v) is 4.19. The molecule has 0 saturated carbocycles. The molecule has 0 aromatic heterocycles. The largest absolute Gasteiger partial charge is 0.476 e. The van der Waals surface area contributed by atoms with Crippen molar-refractivity contribution in [2.45, 2.75) is 32.7 Å². The number of phosphoric ester groups is 1. The molecule has 7 heteroatoms. The van der Waals surface area contributed by atoms with Gasteiger partial charge in [0, 0.05) is 19.1 Å². The molecule has 0 unspecified atom stereocenters. The number of nitrogens with two attached hydrogens (primary N) is 1. The van der Waals surface area contributed by atoms with Crippen LogP contribution in [0, 0.1) is 0 Å². The lowest BCUT2D eigenvalue weighted by Gasteiger charge is -2.30. The van der Waals surface area contributed by atoms with Crippen LogP contribution in [0.1, 0.15) is 26.7 Å². The number of piperidine rings is 1. The molecule has 1 heterocycles. The van der Waals surface area contributed by atoms with Crippen LogP contribution in [0.2, 0.25) is 0 Å². The fraction of sp³-hybridized carbons (Fsp3) is 1.00. The van der Waals surface area contributed by atoms with Crippen LogP contribution in [0.25, 0.3) is 0 Å². The molecule has 0 amide bonds. The highest BCUT2D eigenvalue weighted by Crippen LogP contribution is 2.49. The Bertz CT molecular complexity index is 247. The van der Waals surface area contributed by atoms with Crippen LogP contribution in [0.4, 0.5) is 0 Å². The van der Waals surface area contributed by atoms with E-state index >= 15 is 0 Å². The first-order chi connectivity index (χ1) is 8.09. The number of nitrogens with zero attached hydrogens (tertiary/aromatic N) is 1. The van der Waals surface area contributed by atoms with Gasteiger partial charge in [-0.1, -0.05) is 0 Å². The van der Waals surface area contributed by atoms with Gasteiger partial charge in [0.05, 0.1) is 13.2 Å². The highest BCUT2D eigenvalue weighted by atomic mass is 31.2. The number of rotatable bonds is 7. The van der Waals surface area contributed by atoms with Gasteiger partial charge in [-0.25, -0.2) is 4.57 Å². The van der Waals surface area contributed by atoms with Crippen LogP contribution < -0.4 is 5.73 Å². The highest BCUT2D eigenvalue weighted by Gasteiger charge is 2.27. The fourth-order valence-corrected chi connectivity index (χ4v) is 2.82. The van der Waals surface area contributed by atoms with Gasteiger partial charge >= 0.3 is 7.82 Å². The van der Waals surface area contributed by atoms with Crippen molar-refractivity contribution in [3.63, 3.8) is 0 Å². The SMILES string of the molecule is CCOP(=O)(OCC)OCN1CCC(N)CC1. The molecule has 1 aliphatic rings. The number of hydrogen-bond acceptors (Lipinski definition) is 6. The van der Waals surface area contributed by atoms with Gasteiger partial charge in [-0.05, 0) is 26.7 Å². The van der Waals surface area contributed by atoms with Crippen molar-refractivity contribution in [1.29, 1.82) is 0 Å². The topological polar surface area (TPSA) is 74.0 Å². The lowest BCUT2D eigenvalue weighted by molar-refractivity contribution is 0.0505. The normalized spacial score (nSPS) is 19.7. The van der Waals surface area contributed by atoms with Crippen LogP contribution in [0.5, 0.6) is 0 Å². The molecule has 0 atom stereocenters. The fourth-order valence-electron chi connectivity index (χ4n) is 1.66. The molecule has 0 spiro atoms. The zero-order chi connectivity index (χ0) is 12.7. The van der Waals surface area contributed by atoms with Crippen molar-refractivity contribution in [3.8, 4) is 0 Å². The summed E-state index contributed by atoms with van der Waals surface area (Å²) >= 11 is 0. The van der Waals surface area contributed by atoms with Gasteiger partial charge in [-0.3, -0.25) is 18.5 Å². The Labute approximate surface area is 103 Å². The minimum atomic E-state index is -3.37. The summed E-state index contributed by atoms with van der Waals surface area (Å²) in [5.41, 5.74) is 5.80. The second-order valence-corrected chi connectivity index (χ2v) is 5.67. The van der Waals surface area contributed by atoms with Crippen LogP contribution in [-0.4, -0.2) is 44.0 Å². The predicted molar refractivity (Wildman–Crippen MR) is 65.6 cm³/mol. The quantitative estimate of drug-likeness (QED) is 0.705. The van der Waals surface area contributed by atoms with E-state index in [0.717, 1.165) is 25.9 Å². The van der Waals surface area contributed by atoms with Gasteiger partial charge in [-0.15, -0.1) is 0 Å². The minimum absolute atomic E-state index is 0.268. The monoisotopic (exact) mass is 266 g/mol. The molecular weight excluding hydrogens is 243 g/mol.